The average molecular weight is 388 g/mol. The molecule has 2 nitrogen and oxygen atoms in total. The summed E-state index contributed by atoms with van der Waals surface area (Å²) >= 11 is 0. The van der Waals surface area contributed by atoms with Gasteiger partial charge in [-0.25, -0.2) is 0 Å². The van der Waals surface area contributed by atoms with Crippen molar-refractivity contribution in [1.29, 1.82) is 0 Å². The first-order valence-electron chi connectivity index (χ1n) is 10.4. The molecular formula is C27H33NO. The van der Waals surface area contributed by atoms with E-state index >= 15 is 0 Å². The van der Waals surface area contributed by atoms with Crippen LogP contribution in [0.15, 0.2) is 59.6 Å². The van der Waals surface area contributed by atoms with E-state index in [4.69, 9.17) is 4.99 Å². The molecule has 3 aromatic carbocycles. The van der Waals surface area contributed by atoms with Crippen LogP contribution in [0.3, 0.4) is 0 Å². The van der Waals surface area contributed by atoms with Crippen LogP contribution in [-0.2, 0) is 10.8 Å². The molecule has 0 radical (unpaired) electrons. The highest BCUT2D eigenvalue weighted by Gasteiger charge is 2.24. The lowest BCUT2D eigenvalue weighted by Gasteiger charge is -2.27. The summed E-state index contributed by atoms with van der Waals surface area (Å²) in [6, 6.07) is 19.1. The summed E-state index contributed by atoms with van der Waals surface area (Å²) in [6.07, 6.45) is 1.83. The second kappa shape index (κ2) is 7.67. The van der Waals surface area contributed by atoms with Crippen LogP contribution in [0.1, 0.15) is 76.8 Å². The summed E-state index contributed by atoms with van der Waals surface area (Å²) in [4.78, 5) is 4.79. The van der Waals surface area contributed by atoms with Gasteiger partial charge in [-0.3, -0.25) is 4.99 Å². The minimum absolute atomic E-state index is 0.000250. The third-order valence-electron chi connectivity index (χ3n) is 5.51. The molecule has 0 saturated carbocycles. The van der Waals surface area contributed by atoms with Crippen molar-refractivity contribution < 1.29 is 5.11 Å². The number of fused-ring (bicyclic) bond motifs is 1. The number of nitrogens with zero attached hydrogens (tertiary/aromatic N) is 1. The minimum atomic E-state index is -0.141. The number of phenols is 1. The number of hydrogen-bond acceptors (Lipinski definition) is 2. The highest BCUT2D eigenvalue weighted by Crippen LogP contribution is 2.37. The van der Waals surface area contributed by atoms with Crippen molar-refractivity contribution in [2.24, 2.45) is 4.99 Å². The van der Waals surface area contributed by atoms with Crippen molar-refractivity contribution in [2.45, 2.75) is 65.3 Å². The van der Waals surface area contributed by atoms with Crippen LogP contribution in [0.4, 0.5) is 0 Å². The van der Waals surface area contributed by atoms with E-state index in [9.17, 15) is 5.11 Å². The van der Waals surface area contributed by atoms with Crippen molar-refractivity contribution in [3.8, 4) is 5.75 Å². The van der Waals surface area contributed by atoms with E-state index in [2.05, 4.69) is 103 Å². The maximum Gasteiger partial charge on any atom is 0.128 e. The van der Waals surface area contributed by atoms with Gasteiger partial charge in [0.2, 0.25) is 0 Å². The summed E-state index contributed by atoms with van der Waals surface area (Å²) in [7, 11) is 0. The highest BCUT2D eigenvalue weighted by molar-refractivity contribution is 5.86. The normalized spacial score (nSPS) is 13.9. The third-order valence-corrected chi connectivity index (χ3v) is 5.51. The molecule has 0 aromatic heterocycles. The van der Waals surface area contributed by atoms with Gasteiger partial charge in [0.15, 0.2) is 0 Å². The predicted molar refractivity (Wildman–Crippen MR) is 125 cm³/mol. The van der Waals surface area contributed by atoms with Gasteiger partial charge in [-0.2, -0.15) is 0 Å². The van der Waals surface area contributed by atoms with E-state index in [1.165, 1.54) is 21.9 Å². The Morgan fingerprint density at radius 3 is 2.10 bits per heavy atom. The summed E-state index contributed by atoms with van der Waals surface area (Å²) in [6.45, 7) is 15.1. The van der Waals surface area contributed by atoms with Crippen molar-refractivity contribution >= 4 is 17.0 Å². The van der Waals surface area contributed by atoms with Crippen LogP contribution in [0.2, 0.25) is 0 Å². The molecule has 3 rings (SSSR count). The Labute approximate surface area is 175 Å². The van der Waals surface area contributed by atoms with Crippen LogP contribution < -0.4 is 0 Å². The van der Waals surface area contributed by atoms with Gasteiger partial charge in [-0.15, -0.1) is 0 Å². The SMILES string of the molecule is C[C@@H](N=Cc1cc(C(C)(C)C)cc(C(C)(C)C)c1O)c1ccc2ccccc2c1. The molecule has 0 amide bonds. The lowest BCUT2D eigenvalue weighted by Crippen LogP contribution is -2.17. The summed E-state index contributed by atoms with van der Waals surface area (Å²) in [5.74, 6) is 0.333. The Bertz CT molecular complexity index is 1050. The Balaban J connectivity index is 2.00. The molecule has 0 unspecified atom stereocenters. The zero-order valence-corrected chi connectivity index (χ0v) is 18.7. The van der Waals surface area contributed by atoms with E-state index in [0.717, 1.165) is 11.1 Å². The summed E-state index contributed by atoms with van der Waals surface area (Å²) in [5.41, 5.74) is 3.99. The monoisotopic (exact) mass is 387 g/mol. The van der Waals surface area contributed by atoms with E-state index in [-0.39, 0.29) is 16.9 Å². The Morgan fingerprint density at radius 2 is 1.48 bits per heavy atom. The molecule has 29 heavy (non-hydrogen) atoms. The van der Waals surface area contributed by atoms with Crippen LogP contribution in [0.25, 0.3) is 10.8 Å². The Morgan fingerprint density at radius 1 is 0.828 bits per heavy atom. The molecule has 0 fully saturated rings. The van der Waals surface area contributed by atoms with Crippen LogP contribution in [-0.4, -0.2) is 11.3 Å². The second-order valence-corrected chi connectivity index (χ2v) is 10.0. The zero-order valence-electron chi connectivity index (χ0n) is 18.7. The molecule has 0 aliphatic carbocycles. The van der Waals surface area contributed by atoms with Gasteiger partial charge in [0.1, 0.15) is 5.75 Å². The second-order valence-electron chi connectivity index (χ2n) is 10.0. The Kier molecular flexibility index (Phi) is 5.58. The predicted octanol–water partition coefficient (Wildman–Crippen LogP) is 7.32. The zero-order chi connectivity index (χ0) is 21.4. The van der Waals surface area contributed by atoms with Crippen molar-refractivity contribution in [3.63, 3.8) is 0 Å². The summed E-state index contributed by atoms with van der Waals surface area (Å²) in [5, 5.41) is 13.4. The molecule has 0 aliphatic heterocycles. The fourth-order valence-electron chi connectivity index (χ4n) is 3.51. The van der Waals surface area contributed by atoms with Gasteiger partial charge in [0, 0.05) is 17.3 Å². The lowest BCUT2D eigenvalue weighted by atomic mass is 9.79. The average Bonchev–Trinajstić information content (AvgIpc) is 2.64. The molecule has 1 atom stereocenters. The van der Waals surface area contributed by atoms with Gasteiger partial charge in [-0.05, 0) is 51.8 Å². The number of aromatic hydroxyl groups is 1. The van der Waals surface area contributed by atoms with Gasteiger partial charge in [0.05, 0.1) is 6.04 Å². The third kappa shape index (κ3) is 4.70. The maximum absolute atomic E-state index is 10.9. The summed E-state index contributed by atoms with van der Waals surface area (Å²) < 4.78 is 0. The van der Waals surface area contributed by atoms with Crippen LogP contribution >= 0.6 is 0 Å². The van der Waals surface area contributed by atoms with E-state index in [1.54, 1.807) is 0 Å². The first-order chi connectivity index (χ1) is 13.5. The minimum Gasteiger partial charge on any atom is -0.507 e. The quantitative estimate of drug-likeness (QED) is 0.469. The Hall–Kier alpha value is -2.61. The van der Waals surface area contributed by atoms with Crippen LogP contribution in [0.5, 0.6) is 5.75 Å². The van der Waals surface area contributed by atoms with Gasteiger partial charge in [0.25, 0.3) is 0 Å². The molecule has 0 spiro atoms. The number of rotatable bonds is 3. The van der Waals surface area contributed by atoms with Crippen molar-refractivity contribution in [2.75, 3.05) is 0 Å². The number of aliphatic imine (C=N–C) groups is 1. The fourth-order valence-corrected chi connectivity index (χ4v) is 3.51. The van der Waals surface area contributed by atoms with E-state index in [0.29, 0.717) is 5.75 Å². The molecule has 1 N–H and O–H groups in total. The first-order valence-corrected chi connectivity index (χ1v) is 10.4. The smallest absolute Gasteiger partial charge is 0.128 e. The lowest BCUT2D eigenvalue weighted by molar-refractivity contribution is 0.444. The number of benzene rings is 3. The van der Waals surface area contributed by atoms with Crippen LogP contribution in [0, 0.1) is 0 Å². The fraction of sp³-hybridized carbons (Fsp3) is 0.370. The molecule has 0 bridgehead atoms. The molecule has 0 heterocycles. The van der Waals surface area contributed by atoms with Gasteiger partial charge in [-0.1, -0.05) is 84.0 Å². The molecular weight excluding hydrogens is 354 g/mol. The number of phenolic OH excluding ortho intramolecular Hbond substituents is 1. The number of hydrogen-bond donors (Lipinski definition) is 1. The molecule has 2 heteroatoms. The van der Waals surface area contributed by atoms with Gasteiger partial charge >= 0.3 is 0 Å². The highest BCUT2D eigenvalue weighted by atomic mass is 16.3. The largest absolute Gasteiger partial charge is 0.507 e. The topological polar surface area (TPSA) is 32.6 Å². The van der Waals surface area contributed by atoms with E-state index < -0.39 is 0 Å². The first kappa shape index (κ1) is 21.1. The molecule has 0 saturated heterocycles. The van der Waals surface area contributed by atoms with E-state index in [1.807, 2.05) is 6.21 Å². The molecule has 152 valence electrons. The standard InChI is InChI=1S/C27H33NO/c1-18(20-13-12-19-10-8-9-11-21(19)14-20)28-17-22-15-23(26(2,3)4)16-24(25(22)29)27(5,6)7/h8-18,29H,1-7H3/t18-/m1/s1. The van der Waals surface area contributed by atoms with Gasteiger partial charge < -0.3 is 5.11 Å². The molecule has 3 aromatic rings. The molecule has 0 aliphatic rings. The van der Waals surface area contributed by atoms with Crippen molar-refractivity contribution in [3.05, 3.63) is 76.9 Å². The van der Waals surface area contributed by atoms with Crippen molar-refractivity contribution in [1.82, 2.24) is 0 Å². The maximum atomic E-state index is 10.9.